The maximum absolute atomic E-state index is 13.7. The highest BCUT2D eigenvalue weighted by Gasteiger charge is 2.24. The van der Waals surface area contributed by atoms with E-state index in [-0.39, 0.29) is 11.5 Å². The van der Waals surface area contributed by atoms with Gasteiger partial charge in [-0.05, 0) is 38.1 Å². The van der Waals surface area contributed by atoms with Gasteiger partial charge in [-0.25, -0.2) is 4.39 Å². The average Bonchev–Trinajstić information content (AvgIpc) is 2.38. The van der Waals surface area contributed by atoms with Crippen LogP contribution in [-0.2, 0) is 0 Å². The zero-order valence-corrected chi connectivity index (χ0v) is 11.8. The quantitative estimate of drug-likeness (QED) is 0.909. The van der Waals surface area contributed by atoms with Gasteiger partial charge in [0.2, 0.25) is 0 Å². The van der Waals surface area contributed by atoms with Crippen molar-refractivity contribution in [3.05, 3.63) is 34.1 Å². The zero-order valence-electron chi connectivity index (χ0n) is 10.2. The van der Waals surface area contributed by atoms with Crippen LogP contribution in [0.4, 0.5) is 4.39 Å². The van der Waals surface area contributed by atoms with Gasteiger partial charge in [0.25, 0.3) is 5.91 Å². The summed E-state index contributed by atoms with van der Waals surface area (Å²) in [4.78, 5) is 13.9. The van der Waals surface area contributed by atoms with Crippen LogP contribution in [0.1, 0.15) is 23.2 Å². The van der Waals surface area contributed by atoms with E-state index in [4.69, 9.17) is 0 Å². The van der Waals surface area contributed by atoms with Crippen molar-refractivity contribution in [1.29, 1.82) is 0 Å². The lowest BCUT2D eigenvalue weighted by molar-refractivity contribution is 0.0702. The molecule has 0 radical (unpaired) electrons. The van der Waals surface area contributed by atoms with Crippen LogP contribution in [0.25, 0.3) is 0 Å². The summed E-state index contributed by atoms with van der Waals surface area (Å²) in [6.45, 7) is 1.36. The Labute approximate surface area is 114 Å². The van der Waals surface area contributed by atoms with Gasteiger partial charge in [0.15, 0.2) is 0 Å². The molecule has 0 saturated carbocycles. The van der Waals surface area contributed by atoms with Gasteiger partial charge in [-0.1, -0.05) is 15.9 Å². The van der Waals surface area contributed by atoms with E-state index in [2.05, 4.69) is 21.2 Å². The summed E-state index contributed by atoms with van der Waals surface area (Å²) in [5.41, 5.74) is 0.154. The fraction of sp³-hybridized carbons (Fsp3) is 0.462. The smallest absolute Gasteiger partial charge is 0.256 e. The predicted octanol–water partition coefficient (Wildman–Crippen LogP) is 2.41. The van der Waals surface area contributed by atoms with E-state index in [9.17, 15) is 9.18 Å². The van der Waals surface area contributed by atoms with Crippen LogP contribution in [0.3, 0.4) is 0 Å². The zero-order chi connectivity index (χ0) is 13.1. The fourth-order valence-corrected chi connectivity index (χ4v) is 2.54. The summed E-state index contributed by atoms with van der Waals surface area (Å²) >= 11 is 3.19. The molecular formula is C13H16BrFN2O. The van der Waals surface area contributed by atoms with Crippen LogP contribution in [0.5, 0.6) is 0 Å². The van der Waals surface area contributed by atoms with Gasteiger partial charge in [-0.3, -0.25) is 4.79 Å². The van der Waals surface area contributed by atoms with Crippen molar-refractivity contribution in [3.63, 3.8) is 0 Å². The minimum atomic E-state index is -0.467. The molecule has 18 heavy (non-hydrogen) atoms. The largest absolute Gasteiger partial charge is 0.338 e. The highest BCUT2D eigenvalue weighted by molar-refractivity contribution is 9.10. The highest BCUT2D eigenvalue weighted by atomic mass is 79.9. The van der Waals surface area contributed by atoms with E-state index in [1.165, 1.54) is 12.1 Å². The van der Waals surface area contributed by atoms with Crippen LogP contribution in [0.15, 0.2) is 22.7 Å². The van der Waals surface area contributed by atoms with Gasteiger partial charge in [0.05, 0.1) is 5.56 Å². The van der Waals surface area contributed by atoms with Gasteiger partial charge in [0.1, 0.15) is 5.82 Å². The Bertz CT molecular complexity index is 445. The molecule has 2 rings (SSSR count). The van der Waals surface area contributed by atoms with Crippen LogP contribution >= 0.6 is 15.9 Å². The number of piperidine rings is 1. The third-order valence-electron chi connectivity index (χ3n) is 3.35. The van der Waals surface area contributed by atoms with Crippen molar-refractivity contribution >= 4 is 21.8 Å². The number of likely N-dealkylation sites (tertiary alicyclic amines) is 1. The number of carbonyl (C=O) groups is 1. The number of halogens is 2. The summed E-state index contributed by atoms with van der Waals surface area (Å²) in [5.74, 6) is -0.681. The lowest BCUT2D eigenvalue weighted by Crippen LogP contribution is -2.44. The Balaban J connectivity index is 2.08. The molecule has 1 fully saturated rings. The average molecular weight is 315 g/mol. The summed E-state index contributed by atoms with van der Waals surface area (Å²) in [6, 6.07) is 5.01. The Morgan fingerprint density at radius 2 is 2.11 bits per heavy atom. The van der Waals surface area contributed by atoms with E-state index in [1.807, 2.05) is 7.05 Å². The number of carbonyl (C=O) groups excluding carboxylic acids is 1. The van der Waals surface area contributed by atoms with Crippen molar-refractivity contribution in [2.75, 3.05) is 20.1 Å². The van der Waals surface area contributed by atoms with Crippen molar-refractivity contribution in [2.24, 2.45) is 0 Å². The van der Waals surface area contributed by atoms with E-state index in [1.54, 1.807) is 11.0 Å². The minimum absolute atomic E-state index is 0.154. The van der Waals surface area contributed by atoms with Crippen LogP contribution in [-0.4, -0.2) is 37.0 Å². The van der Waals surface area contributed by atoms with Gasteiger partial charge in [-0.2, -0.15) is 0 Å². The molecule has 0 atom stereocenters. The number of hydrogen-bond donors (Lipinski definition) is 1. The number of nitrogens with one attached hydrogen (secondary N) is 1. The third kappa shape index (κ3) is 2.90. The lowest BCUT2D eigenvalue weighted by Gasteiger charge is -2.31. The maximum atomic E-state index is 13.7. The number of nitrogens with zero attached hydrogens (tertiary/aromatic N) is 1. The number of hydrogen-bond acceptors (Lipinski definition) is 2. The van der Waals surface area contributed by atoms with Crippen molar-refractivity contribution < 1.29 is 9.18 Å². The van der Waals surface area contributed by atoms with E-state index in [0.29, 0.717) is 23.6 Å². The molecule has 98 valence electrons. The fourth-order valence-electron chi connectivity index (χ4n) is 2.20. The van der Waals surface area contributed by atoms with Crippen molar-refractivity contribution in [1.82, 2.24) is 10.2 Å². The van der Waals surface area contributed by atoms with Crippen molar-refractivity contribution in [2.45, 2.75) is 18.9 Å². The Morgan fingerprint density at radius 3 is 2.67 bits per heavy atom. The summed E-state index contributed by atoms with van der Waals surface area (Å²) in [6.07, 6.45) is 1.83. The van der Waals surface area contributed by atoms with Gasteiger partial charge in [0, 0.05) is 23.6 Å². The SMILES string of the molecule is CNC1CCN(C(=O)c2ccc(Br)cc2F)CC1. The predicted molar refractivity (Wildman–Crippen MR) is 72.1 cm³/mol. The second kappa shape index (κ2) is 5.80. The topological polar surface area (TPSA) is 32.3 Å². The highest BCUT2D eigenvalue weighted by Crippen LogP contribution is 2.19. The van der Waals surface area contributed by atoms with E-state index < -0.39 is 5.82 Å². The Hall–Kier alpha value is -0.940. The minimum Gasteiger partial charge on any atom is -0.338 e. The molecule has 0 spiro atoms. The molecule has 1 amide bonds. The number of amides is 1. The van der Waals surface area contributed by atoms with E-state index in [0.717, 1.165) is 12.8 Å². The Kier molecular flexibility index (Phi) is 4.35. The molecule has 1 N–H and O–H groups in total. The molecule has 0 aliphatic carbocycles. The van der Waals surface area contributed by atoms with Gasteiger partial charge in [-0.15, -0.1) is 0 Å². The third-order valence-corrected chi connectivity index (χ3v) is 3.85. The van der Waals surface area contributed by atoms with Crippen molar-refractivity contribution in [3.8, 4) is 0 Å². The summed E-state index contributed by atoms with van der Waals surface area (Å²) in [5, 5.41) is 3.20. The first-order chi connectivity index (χ1) is 8.61. The van der Waals surface area contributed by atoms with Crippen LogP contribution < -0.4 is 5.32 Å². The molecule has 0 unspecified atom stereocenters. The van der Waals surface area contributed by atoms with E-state index >= 15 is 0 Å². The normalized spacial score (nSPS) is 16.9. The first-order valence-electron chi connectivity index (χ1n) is 6.03. The molecule has 1 saturated heterocycles. The molecule has 0 aromatic heterocycles. The first-order valence-corrected chi connectivity index (χ1v) is 6.82. The van der Waals surface area contributed by atoms with Gasteiger partial charge < -0.3 is 10.2 Å². The standard InChI is InChI=1S/C13H16BrFN2O/c1-16-10-4-6-17(7-5-10)13(18)11-3-2-9(14)8-12(11)15/h2-3,8,10,16H,4-7H2,1H3. The monoisotopic (exact) mass is 314 g/mol. The summed E-state index contributed by atoms with van der Waals surface area (Å²) < 4.78 is 14.4. The Morgan fingerprint density at radius 1 is 1.44 bits per heavy atom. The maximum Gasteiger partial charge on any atom is 0.256 e. The molecule has 1 aromatic carbocycles. The lowest BCUT2D eigenvalue weighted by atomic mass is 10.0. The molecule has 1 aliphatic heterocycles. The van der Waals surface area contributed by atoms with Crippen LogP contribution in [0, 0.1) is 5.82 Å². The second-order valence-corrected chi connectivity index (χ2v) is 5.39. The molecule has 3 nitrogen and oxygen atoms in total. The molecule has 5 heteroatoms. The molecule has 1 heterocycles. The molecule has 1 aliphatic rings. The van der Waals surface area contributed by atoms with Gasteiger partial charge >= 0.3 is 0 Å². The number of benzene rings is 1. The molecular weight excluding hydrogens is 299 g/mol. The second-order valence-electron chi connectivity index (χ2n) is 4.48. The molecule has 0 bridgehead atoms. The first kappa shape index (κ1) is 13.5. The summed E-state index contributed by atoms with van der Waals surface area (Å²) in [7, 11) is 1.93. The number of rotatable bonds is 2. The van der Waals surface area contributed by atoms with Crippen LogP contribution in [0.2, 0.25) is 0 Å². The molecule has 1 aromatic rings.